The summed E-state index contributed by atoms with van der Waals surface area (Å²) in [5.41, 5.74) is 0. The molecule has 1 saturated carbocycles. The average molecular weight is 349 g/mol. The van der Waals surface area contributed by atoms with E-state index >= 15 is 0 Å². The predicted octanol–water partition coefficient (Wildman–Crippen LogP) is 1.49. The van der Waals surface area contributed by atoms with E-state index in [1.165, 1.54) is 6.20 Å². The smallest absolute Gasteiger partial charge is 0.244 e. The van der Waals surface area contributed by atoms with Crippen molar-refractivity contribution in [3.63, 3.8) is 0 Å². The van der Waals surface area contributed by atoms with Crippen LogP contribution in [0.3, 0.4) is 0 Å². The zero-order chi connectivity index (χ0) is 16.7. The molecule has 0 radical (unpaired) electrons. The highest BCUT2D eigenvalue weighted by atomic mass is 32.2. The van der Waals surface area contributed by atoms with E-state index in [0.29, 0.717) is 19.6 Å². The van der Waals surface area contributed by atoms with Crippen molar-refractivity contribution in [2.75, 3.05) is 19.6 Å². The average Bonchev–Trinajstić information content (AvgIpc) is 2.86. The summed E-state index contributed by atoms with van der Waals surface area (Å²) in [7, 11) is -3.54. The van der Waals surface area contributed by atoms with Gasteiger partial charge < -0.3 is 4.90 Å². The number of hydrogen-bond acceptors (Lipinski definition) is 4. The number of hydrogen-bond donors (Lipinski definition) is 0. The molecule has 1 aliphatic carbocycles. The van der Waals surface area contributed by atoms with Crippen LogP contribution in [0.1, 0.15) is 32.1 Å². The summed E-state index contributed by atoms with van der Waals surface area (Å²) in [4.78, 5) is 18.8. The van der Waals surface area contributed by atoms with Gasteiger partial charge in [-0.15, -0.1) is 0 Å². The SMILES string of the molecule is O=C(C1CCC1)N1C[C@H]2CC[C@@H](C1)N(S(=O)(=O)c1cccnc1)C2. The molecule has 4 fully saturated rings. The van der Waals surface area contributed by atoms with Crippen LogP contribution in [0.15, 0.2) is 29.4 Å². The Hall–Kier alpha value is -1.47. The molecular formula is C17H23N3O3S. The number of aromatic nitrogens is 1. The van der Waals surface area contributed by atoms with Crippen molar-refractivity contribution in [2.45, 2.75) is 43.0 Å². The third kappa shape index (κ3) is 2.73. The van der Waals surface area contributed by atoms with E-state index in [2.05, 4.69) is 4.98 Å². The van der Waals surface area contributed by atoms with Gasteiger partial charge in [-0.1, -0.05) is 6.42 Å². The first-order valence-corrected chi connectivity index (χ1v) is 10.2. The number of piperidine rings is 1. The molecule has 2 bridgehead atoms. The van der Waals surface area contributed by atoms with Gasteiger partial charge in [0, 0.05) is 44.0 Å². The van der Waals surface area contributed by atoms with Crippen LogP contribution in [0.2, 0.25) is 0 Å². The molecule has 3 aliphatic heterocycles. The Labute approximate surface area is 142 Å². The summed E-state index contributed by atoms with van der Waals surface area (Å²) in [6.07, 6.45) is 7.93. The number of amides is 1. The van der Waals surface area contributed by atoms with Crippen molar-refractivity contribution in [3.8, 4) is 0 Å². The van der Waals surface area contributed by atoms with E-state index in [1.807, 2.05) is 4.90 Å². The number of nitrogens with zero attached hydrogens (tertiary/aromatic N) is 3. The Kier molecular flexibility index (Phi) is 4.08. The van der Waals surface area contributed by atoms with Gasteiger partial charge in [0.2, 0.25) is 15.9 Å². The van der Waals surface area contributed by atoms with Crippen LogP contribution < -0.4 is 0 Å². The summed E-state index contributed by atoms with van der Waals surface area (Å²) in [5.74, 6) is 0.642. The van der Waals surface area contributed by atoms with E-state index in [-0.39, 0.29) is 28.7 Å². The molecular weight excluding hydrogens is 326 g/mol. The van der Waals surface area contributed by atoms with Gasteiger partial charge in [0.15, 0.2) is 0 Å². The first kappa shape index (κ1) is 16.0. The van der Waals surface area contributed by atoms with Gasteiger partial charge in [0.05, 0.1) is 0 Å². The van der Waals surface area contributed by atoms with Crippen LogP contribution in [0.5, 0.6) is 0 Å². The maximum absolute atomic E-state index is 13.0. The van der Waals surface area contributed by atoms with Crippen LogP contribution in [0.25, 0.3) is 0 Å². The lowest BCUT2D eigenvalue weighted by atomic mass is 9.84. The third-order valence-electron chi connectivity index (χ3n) is 5.67. The minimum atomic E-state index is -3.54. The molecule has 0 spiro atoms. The van der Waals surface area contributed by atoms with Gasteiger partial charge in [-0.2, -0.15) is 4.31 Å². The van der Waals surface area contributed by atoms with Gasteiger partial charge in [0.1, 0.15) is 4.90 Å². The van der Waals surface area contributed by atoms with E-state index < -0.39 is 10.0 Å². The fourth-order valence-corrected chi connectivity index (χ4v) is 5.75. The molecule has 4 aliphatic rings. The molecule has 24 heavy (non-hydrogen) atoms. The molecule has 1 aromatic heterocycles. The maximum Gasteiger partial charge on any atom is 0.244 e. The number of carbonyl (C=O) groups is 1. The van der Waals surface area contributed by atoms with Crippen molar-refractivity contribution in [2.24, 2.45) is 11.8 Å². The Bertz CT molecular complexity index is 718. The molecule has 1 amide bonds. The molecule has 0 unspecified atom stereocenters. The van der Waals surface area contributed by atoms with E-state index in [4.69, 9.17) is 0 Å². The van der Waals surface area contributed by atoms with Gasteiger partial charge >= 0.3 is 0 Å². The fraction of sp³-hybridized carbons (Fsp3) is 0.647. The molecule has 6 nitrogen and oxygen atoms in total. The van der Waals surface area contributed by atoms with E-state index in [1.54, 1.807) is 22.6 Å². The summed E-state index contributed by atoms with van der Waals surface area (Å²) in [6, 6.07) is 3.13. The maximum atomic E-state index is 13.0. The lowest BCUT2D eigenvalue weighted by Gasteiger charge is -2.35. The van der Waals surface area contributed by atoms with Crippen molar-refractivity contribution >= 4 is 15.9 Å². The van der Waals surface area contributed by atoms with Gasteiger partial charge in [0.25, 0.3) is 0 Å². The normalized spacial score (nSPS) is 28.4. The van der Waals surface area contributed by atoms with Crippen LogP contribution in [0, 0.1) is 11.8 Å². The third-order valence-corrected chi connectivity index (χ3v) is 7.57. The highest BCUT2D eigenvalue weighted by Gasteiger charge is 2.43. The molecule has 2 atom stereocenters. The molecule has 7 heteroatoms. The Morgan fingerprint density at radius 1 is 1.12 bits per heavy atom. The van der Waals surface area contributed by atoms with Crippen molar-refractivity contribution in [3.05, 3.63) is 24.5 Å². The Balaban J connectivity index is 1.58. The highest BCUT2D eigenvalue weighted by Crippen LogP contribution is 2.35. The molecule has 0 aromatic carbocycles. The second-order valence-electron chi connectivity index (χ2n) is 7.23. The minimum absolute atomic E-state index is 0.113. The summed E-state index contributed by atoms with van der Waals surface area (Å²) < 4.78 is 27.6. The molecule has 0 N–H and O–H groups in total. The van der Waals surface area contributed by atoms with E-state index in [0.717, 1.165) is 32.1 Å². The number of carbonyl (C=O) groups excluding carboxylic acids is 1. The van der Waals surface area contributed by atoms with Gasteiger partial charge in [-0.3, -0.25) is 9.78 Å². The van der Waals surface area contributed by atoms with Gasteiger partial charge in [-0.25, -0.2) is 8.42 Å². The largest absolute Gasteiger partial charge is 0.341 e. The molecule has 5 rings (SSSR count). The Morgan fingerprint density at radius 2 is 1.96 bits per heavy atom. The lowest BCUT2D eigenvalue weighted by molar-refractivity contribution is -0.138. The van der Waals surface area contributed by atoms with Crippen LogP contribution in [0.4, 0.5) is 0 Å². The standard InChI is InChI=1S/C17H23N3O3S/c21-17(14-3-1-4-14)19-10-13-6-7-15(12-19)20(11-13)24(22,23)16-5-2-8-18-9-16/h2,5,8-9,13-15H,1,3-4,6-7,10-12H2/t13-,15+/m1/s1. The van der Waals surface area contributed by atoms with Crippen molar-refractivity contribution < 1.29 is 13.2 Å². The molecule has 3 saturated heterocycles. The van der Waals surface area contributed by atoms with Crippen molar-refractivity contribution in [1.82, 2.24) is 14.2 Å². The Morgan fingerprint density at radius 3 is 2.62 bits per heavy atom. The first-order chi connectivity index (χ1) is 11.6. The summed E-state index contributed by atoms with van der Waals surface area (Å²) in [6.45, 7) is 1.74. The topological polar surface area (TPSA) is 70.6 Å². The van der Waals surface area contributed by atoms with Crippen molar-refractivity contribution in [1.29, 1.82) is 0 Å². The molecule has 4 heterocycles. The number of fused-ring (bicyclic) bond motifs is 4. The van der Waals surface area contributed by atoms with Crippen LogP contribution in [-0.2, 0) is 14.8 Å². The van der Waals surface area contributed by atoms with Gasteiger partial charge in [-0.05, 0) is 43.7 Å². The first-order valence-electron chi connectivity index (χ1n) is 8.76. The second kappa shape index (κ2) is 6.11. The summed E-state index contributed by atoms with van der Waals surface area (Å²) >= 11 is 0. The fourth-order valence-electron chi connectivity index (χ4n) is 4.06. The zero-order valence-corrected chi connectivity index (χ0v) is 14.5. The molecule has 1 aromatic rings. The van der Waals surface area contributed by atoms with Crippen LogP contribution >= 0.6 is 0 Å². The lowest BCUT2D eigenvalue weighted by Crippen LogP contribution is -2.48. The number of rotatable bonds is 3. The van der Waals surface area contributed by atoms with E-state index in [9.17, 15) is 13.2 Å². The van der Waals surface area contributed by atoms with Crippen LogP contribution in [-0.4, -0.2) is 54.2 Å². The number of sulfonamides is 1. The quantitative estimate of drug-likeness (QED) is 0.829. The minimum Gasteiger partial charge on any atom is -0.341 e. The highest BCUT2D eigenvalue weighted by molar-refractivity contribution is 7.89. The molecule has 130 valence electrons. The monoisotopic (exact) mass is 349 g/mol. The summed E-state index contributed by atoms with van der Waals surface area (Å²) in [5, 5.41) is 0. The number of pyridine rings is 1. The predicted molar refractivity (Wildman–Crippen MR) is 88.6 cm³/mol. The zero-order valence-electron chi connectivity index (χ0n) is 13.7. The second-order valence-corrected chi connectivity index (χ2v) is 9.12.